The topological polar surface area (TPSA) is 6.48 Å². The summed E-state index contributed by atoms with van der Waals surface area (Å²) in [4.78, 5) is 5.54. The number of benzene rings is 8. The fraction of sp³-hybridized carbons (Fsp3) is 0.213. The van der Waals surface area contributed by atoms with Crippen molar-refractivity contribution in [3.05, 3.63) is 197 Å². The van der Waals surface area contributed by atoms with Crippen LogP contribution in [0.2, 0.25) is 0 Å². The third kappa shape index (κ3) is 4.34. The summed E-state index contributed by atoms with van der Waals surface area (Å²) in [5.41, 5.74) is 29.5. The van der Waals surface area contributed by atoms with E-state index >= 15 is 0 Å². The number of nitrogens with zero attached hydrogens (tertiary/aromatic N) is 2. The Kier molecular flexibility index (Phi) is 6.88. The number of fused-ring (bicyclic) bond motifs is 12. The normalized spacial score (nSPS) is 19.7. The molecule has 0 N–H and O–H groups in total. The summed E-state index contributed by atoms with van der Waals surface area (Å²) in [5, 5.41) is 0. The van der Waals surface area contributed by atoms with Crippen molar-refractivity contribution in [2.45, 2.75) is 83.0 Å². The monoisotopic (exact) mass is 822 g/mol. The summed E-state index contributed by atoms with van der Waals surface area (Å²) in [6, 6.07) is 61.2. The molecule has 2 nitrogen and oxygen atoms in total. The summed E-state index contributed by atoms with van der Waals surface area (Å²) in [6.45, 7) is 17.3. The van der Waals surface area contributed by atoms with Crippen LogP contribution < -0.4 is 20.6 Å². The lowest BCUT2D eigenvalue weighted by Gasteiger charge is -2.54. The zero-order valence-electron chi connectivity index (χ0n) is 37.9. The van der Waals surface area contributed by atoms with E-state index in [1.165, 1.54) is 136 Å². The number of para-hydroxylation sites is 1. The first kappa shape index (κ1) is 36.9. The lowest BCUT2D eigenvalue weighted by molar-refractivity contribution is 0.331. The van der Waals surface area contributed by atoms with Crippen LogP contribution in [0, 0.1) is 0 Å². The first-order valence-corrected chi connectivity index (χ1v) is 23.5. The number of rotatable bonds is 2. The minimum atomic E-state index is -0.371. The van der Waals surface area contributed by atoms with Crippen molar-refractivity contribution in [3.8, 4) is 44.5 Å². The van der Waals surface area contributed by atoms with Crippen molar-refractivity contribution < 1.29 is 0 Å². The second-order valence-corrected chi connectivity index (χ2v) is 21.6. The molecule has 3 heteroatoms. The third-order valence-corrected chi connectivity index (χ3v) is 17.0. The van der Waals surface area contributed by atoms with Gasteiger partial charge in [-0.1, -0.05) is 175 Å². The fourth-order valence-electron chi connectivity index (χ4n) is 13.7. The summed E-state index contributed by atoms with van der Waals surface area (Å²) in [6.07, 6.45) is 2.38. The average molecular weight is 823 g/mol. The van der Waals surface area contributed by atoms with E-state index in [2.05, 4.69) is 216 Å². The van der Waals surface area contributed by atoms with Gasteiger partial charge in [-0.3, -0.25) is 0 Å². The fourth-order valence-corrected chi connectivity index (χ4v) is 13.7. The Morgan fingerprint density at radius 3 is 1.81 bits per heavy atom. The van der Waals surface area contributed by atoms with E-state index in [0.717, 1.165) is 0 Å². The minimum Gasteiger partial charge on any atom is -0.376 e. The molecule has 4 heterocycles. The smallest absolute Gasteiger partial charge is 0.333 e. The summed E-state index contributed by atoms with van der Waals surface area (Å²) in [5.74, 6) is 0. The maximum Gasteiger partial charge on any atom is 0.333 e. The van der Waals surface area contributed by atoms with E-state index in [1.54, 1.807) is 0 Å². The van der Waals surface area contributed by atoms with Gasteiger partial charge in [0.1, 0.15) is 0 Å². The van der Waals surface area contributed by atoms with Gasteiger partial charge in [0.15, 0.2) is 0 Å². The Bertz CT molecular complexity index is 3390. The number of anilines is 5. The summed E-state index contributed by atoms with van der Waals surface area (Å²) < 4.78 is 0. The molecule has 14 rings (SSSR count). The van der Waals surface area contributed by atoms with Gasteiger partial charge in [0.05, 0.1) is 5.69 Å². The molecule has 1 unspecified atom stereocenters. The highest BCUT2D eigenvalue weighted by atomic mass is 15.2. The average Bonchev–Trinajstić information content (AvgIpc) is 3.58. The van der Waals surface area contributed by atoms with Crippen LogP contribution in [0.4, 0.5) is 28.4 Å². The largest absolute Gasteiger partial charge is 0.376 e. The second kappa shape index (κ2) is 12.0. The van der Waals surface area contributed by atoms with Crippen LogP contribution in [0.1, 0.15) is 100 Å². The lowest BCUT2D eigenvalue weighted by atomic mass is 9.41. The van der Waals surface area contributed by atoms with Crippen LogP contribution in [-0.4, -0.2) is 6.85 Å². The first-order valence-electron chi connectivity index (χ1n) is 23.5. The maximum atomic E-state index is 2.81. The summed E-state index contributed by atoms with van der Waals surface area (Å²) in [7, 11) is 0. The lowest BCUT2D eigenvalue weighted by Crippen LogP contribution is -2.63. The molecule has 4 aliphatic heterocycles. The van der Waals surface area contributed by atoms with Crippen LogP contribution in [-0.2, 0) is 21.7 Å². The molecule has 64 heavy (non-hydrogen) atoms. The molecular formula is C61H51BN2. The third-order valence-electron chi connectivity index (χ3n) is 17.0. The Morgan fingerprint density at radius 1 is 0.406 bits per heavy atom. The molecule has 0 saturated heterocycles. The molecule has 0 saturated carbocycles. The van der Waals surface area contributed by atoms with Crippen molar-refractivity contribution in [1.29, 1.82) is 0 Å². The van der Waals surface area contributed by atoms with Crippen LogP contribution in [0.3, 0.4) is 0 Å². The van der Waals surface area contributed by atoms with Gasteiger partial charge in [0.25, 0.3) is 0 Å². The van der Waals surface area contributed by atoms with Gasteiger partial charge < -0.3 is 9.71 Å². The van der Waals surface area contributed by atoms with Crippen LogP contribution in [0.5, 0.6) is 0 Å². The molecule has 0 amide bonds. The number of hydrogen-bond donors (Lipinski definition) is 0. The highest BCUT2D eigenvalue weighted by Gasteiger charge is 2.57. The van der Waals surface area contributed by atoms with E-state index in [1.807, 2.05) is 0 Å². The van der Waals surface area contributed by atoms with Crippen molar-refractivity contribution in [1.82, 2.24) is 0 Å². The van der Waals surface area contributed by atoms with Crippen molar-refractivity contribution in [2.75, 3.05) is 9.71 Å². The summed E-state index contributed by atoms with van der Waals surface area (Å²) >= 11 is 0. The number of hydrogen-bond acceptors (Lipinski definition) is 2. The van der Waals surface area contributed by atoms with Crippen molar-refractivity contribution >= 4 is 46.2 Å². The first-order chi connectivity index (χ1) is 30.9. The zero-order valence-corrected chi connectivity index (χ0v) is 37.9. The van der Waals surface area contributed by atoms with Gasteiger partial charge >= 0.3 is 6.85 Å². The molecule has 0 bridgehead atoms. The van der Waals surface area contributed by atoms with Crippen LogP contribution >= 0.6 is 0 Å². The van der Waals surface area contributed by atoms with Crippen molar-refractivity contribution in [3.63, 3.8) is 0 Å². The predicted molar refractivity (Wildman–Crippen MR) is 269 cm³/mol. The SMILES string of the molecule is CC1(C)CCC(C)(C)c2cc3c(cc21)N1c2cc(-c4ccccc4)cc4c2B(c2cccc(c21)C3(C)C)N1c2cccc3c2C(C)(c2ccccc2-3)c2c(-c3ccccc3)ccc-4c21. The van der Waals surface area contributed by atoms with E-state index in [9.17, 15) is 0 Å². The Balaban J connectivity index is 1.16. The molecule has 0 radical (unpaired) electrons. The van der Waals surface area contributed by atoms with Gasteiger partial charge in [0.2, 0.25) is 0 Å². The molecule has 308 valence electrons. The van der Waals surface area contributed by atoms with Gasteiger partial charge in [-0.2, -0.15) is 0 Å². The van der Waals surface area contributed by atoms with E-state index < -0.39 is 0 Å². The molecule has 2 aliphatic carbocycles. The highest BCUT2D eigenvalue weighted by molar-refractivity contribution is 6.94. The van der Waals surface area contributed by atoms with E-state index in [0.29, 0.717) is 0 Å². The standard InChI is InChI=1S/C61H51BN2/c1-58(2)30-31-59(3,4)47-35-51-48(34-46(47)58)60(5,6)45-25-17-26-49-57(45)63(51)52-33-38(36-18-10-8-11-19-36)32-43-42-29-28-39(37-20-12-9-13-21-37)54-56(42)64(62(49)55(43)52)50-27-16-23-41-40-22-14-15-24-44(40)61(54,7)53(41)50/h8-29,32-35H,30-31H2,1-7H3. The Morgan fingerprint density at radius 2 is 1.05 bits per heavy atom. The zero-order chi connectivity index (χ0) is 43.2. The van der Waals surface area contributed by atoms with Gasteiger partial charge in [-0.15, -0.1) is 0 Å². The predicted octanol–water partition coefficient (Wildman–Crippen LogP) is 14.4. The maximum absolute atomic E-state index is 2.81. The van der Waals surface area contributed by atoms with Gasteiger partial charge in [-0.25, -0.2) is 0 Å². The van der Waals surface area contributed by atoms with E-state index in [4.69, 9.17) is 0 Å². The molecule has 0 spiro atoms. The molecule has 6 aliphatic rings. The quantitative estimate of drug-likeness (QED) is 0.160. The highest BCUT2D eigenvalue weighted by Crippen LogP contribution is 2.66. The Labute approximate surface area is 378 Å². The van der Waals surface area contributed by atoms with Gasteiger partial charge in [-0.05, 0) is 144 Å². The van der Waals surface area contributed by atoms with Gasteiger partial charge in [0, 0.05) is 39.1 Å². The van der Waals surface area contributed by atoms with Crippen LogP contribution in [0.25, 0.3) is 44.5 Å². The molecule has 8 aromatic rings. The second-order valence-electron chi connectivity index (χ2n) is 21.6. The minimum absolute atomic E-state index is 0.0524. The Hall–Kier alpha value is -6.58. The van der Waals surface area contributed by atoms with E-state index in [-0.39, 0.29) is 28.5 Å². The molecular weight excluding hydrogens is 771 g/mol. The molecule has 0 aromatic heterocycles. The molecule has 8 aromatic carbocycles. The van der Waals surface area contributed by atoms with Crippen molar-refractivity contribution in [2.24, 2.45) is 0 Å². The van der Waals surface area contributed by atoms with Crippen LogP contribution in [0.15, 0.2) is 158 Å². The molecule has 1 atom stereocenters. The molecule has 0 fully saturated rings.